The van der Waals surface area contributed by atoms with Crippen LogP contribution in [-0.4, -0.2) is 21.1 Å². The molecule has 21 heavy (non-hydrogen) atoms. The molecule has 6 nitrogen and oxygen atoms in total. The smallest absolute Gasteiger partial charge is 0.264 e. The number of aryl methyl sites for hydroxylation is 1. The van der Waals surface area contributed by atoms with Crippen molar-refractivity contribution in [2.45, 2.75) is 32.1 Å². The number of benzene rings is 1. The zero-order chi connectivity index (χ0) is 19.4. The maximum atomic E-state index is 13.0. The molecule has 108 valence electrons. The first-order valence-corrected chi connectivity index (χ1v) is 6.22. The van der Waals surface area contributed by atoms with Gasteiger partial charge in [-0.15, -0.1) is 0 Å². The Morgan fingerprint density at radius 3 is 3.05 bits per heavy atom. The van der Waals surface area contributed by atoms with Crippen LogP contribution in [0.3, 0.4) is 0 Å². The number of carbonyl (C=O) groups is 2. The van der Waals surface area contributed by atoms with Gasteiger partial charge in [0.05, 0.1) is 26.1 Å². The van der Waals surface area contributed by atoms with E-state index in [1.165, 1.54) is 12.1 Å². The highest BCUT2D eigenvalue weighted by molar-refractivity contribution is 6.03. The minimum atomic E-state index is -2.48. The molecule has 1 aliphatic rings. The molecule has 2 atom stereocenters. The molecule has 1 saturated carbocycles. The number of Topliss-reactive ketones (excluding diaryl/α,β-unsaturated/α-hetero) is 2. The van der Waals surface area contributed by atoms with E-state index in [1.54, 1.807) is 0 Å². The molecule has 1 fully saturated rings. The van der Waals surface area contributed by atoms with Gasteiger partial charge in [-0.3, -0.25) is 19.0 Å². The molecular weight excluding hydrogens is 270 g/mol. The first kappa shape index (κ1) is 8.71. The molecule has 1 aliphatic carbocycles. The molecule has 0 bridgehead atoms. The topological polar surface area (TPSA) is 95.0 Å². The van der Waals surface area contributed by atoms with Crippen molar-refractivity contribution in [3.8, 4) is 0 Å². The molecule has 0 amide bonds. The van der Waals surface area contributed by atoms with Crippen molar-refractivity contribution in [1.29, 1.82) is 0 Å². The first-order valence-electron chi connectivity index (χ1n) is 8.95. The number of nitrogens with zero attached hydrogens (tertiary/aromatic N) is 2. The molecule has 0 saturated heterocycles. The van der Waals surface area contributed by atoms with Gasteiger partial charge in [0.1, 0.15) is 11.6 Å². The summed E-state index contributed by atoms with van der Waals surface area (Å²) < 4.78 is 40.1. The number of carbonyl (C=O) groups excluding carboxylic acids is 2. The Morgan fingerprint density at radius 2 is 2.33 bits per heavy atom. The predicted molar refractivity (Wildman–Crippen MR) is 78.1 cm³/mol. The van der Waals surface area contributed by atoms with Crippen LogP contribution in [0.4, 0.5) is 5.69 Å². The Balaban J connectivity index is 2.43. The van der Waals surface area contributed by atoms with Gasteiger partial charge in [0.25, 0.3) is 5.56 Å². The molecule has 0 spiro atoms. The molecule has 2 aromatic rings. The van der Waals surface area contributed by atoms with Gasteiger partial charge in [0.15, 0.2) is 5.78 Å². The van der Waals surface area contributed by atoms with E-state index in [-0.39, 0.29) is 22.6 Å². The van der Waals surface area contributed by atoms with Crippen LogP contribution in [0.5, 0.6) is 0 Å². The average molecular weight is 290 g/mol. The predicted octanol–water partition coefficient (Wildman–Crippen LogP) is 1.15. The molecule has 0 radical (unpaired) electrons. The van der Waals surface area contributed by atoms with E-state index in [9.17, 15) is 14.4 Å². The van der Waals surface area contributed by atoms with E-state index >= 15 is 0 Å². The second-order valence-corrected chi connectivity index (χ2v) is 4.71. The monoisotopic (exact) mass is 290 g/mol. The maximum Gasteiger partial charge on any atom is 0.264 e. The Morgan fingerprint density at radius 1 is 1.52 bits per heavy atom. The van der Waals surface area contributed by atoms with Gasteiger partial charge in [0, 0.05) is 16.2 Å². The lowest BCUT2D eigenvalue weighted by Crippen LogP contribution is -2.36. The van der Waals surface area contributed by atoms with Gasteiger partial charge in [-0.25, -0.2) is 4.98 Å². The van der Waals surface area contributed by atoms with Crippen molar-refractivity contribution >= 4 is 28.2 Å². The fraction of sp³-hybridized carbons (Fsp3) is 0.333. The van der Waals surface area contributed by atoms with E-state index in [1.807, 2.05) is 0 Å². The van der Waals surface area contributed by atoms with Crippen molar-refractivity contribution in [3.63, 3.8) is 0 Å². The Hall–Kier alpha value is -2.50. The van der Waals surface area contributed by atoms with Crippen molar-refractivity contribution in [1.82, 2.24) is 9.55 Å². The van der Waals surface area contributed by atoms with Gasteiger partial charge in [-0.05, 0) is 25.4 Å². The average Bonchev–Trinajstić information content (AvgIpc) is 2.51. The number of ketones is 2. The molecule has 1 aromatic carbocycles. The fourth-order valence-corrected chi connectivity index (χ4v) is 2.33. The Labute approximate surface area is 127 Å². The highest BCUT2D eigenvalue weighted by Gasteiger charge is 2.30. The molecule has 2 unspecified atom stereocenters. The lowest BCUT2D eigenvalue weighted by molar-refractivity contribution is -0.132. The SMILES string of the molecule is [2H]c1cc(N)c2c(=O)n(C3([2H])C(=O)CC(=O)CC3[2H])c(C([2H])[2H])nc2c1. The first-order chi connectivity index (χ1) is 12.1. The third kappa shape index (κ3) is 2.12. The van der Waals surface area contributed by atoms with Gasteiger partial charge < -0.3 is 5.73 Å². The molecule has 2 N–H and O–H groups in total. The van der Waals surface area contributed by atoms with E-state index in [2.05, 4.69) is 4.98 Å². The summed E-state index contributed by atoms with van der Waals surface area (Å²) in [6, 6.07) is -0.0801. The second kappa shape index (κ2) is 4.80. The molecule has 3 rings (SSSR count). The van der Waals surface area contributed by atoms with E-state index in [4.69, 9.17) is 12.6 Å². The standard InChI is InChI=1S/C15H15N3O3/c1-8-17-11-4-2-3-10(16)14(11)15(21)18(8)12-6-5-9(19)7-13(12)20/h2-4,12H,5-7,16H2,1H3/i1D2,2D,6D,12D. The lowest BCUT2D eigenvalue weighted by atomic mass is 9.92. The van der Waals surface area contributed by atoms with Crippen LogP contribution in [0.25, 0.3) is 10.9 Å². The number of anilines is 1. The zero-order valence-electron chi connectivity index (χ0n) is 15.9. The van der Waals surface area contributed by atoms with Crippen LogP contribution in [0.2, 0.25) is 0 Å². The summed E-state index contributed by atoms with van der Waals surface area (Å²) in [5, 5.41) is -0.158. The molecule has 1 heterocycles. The summed E-state index contributed by atoms with van der Waals surface area (Å²) in [6.07, 6.45) is -2.59. The van der Waals surface area contributed by atoms with Gasteiger partial charge in [-0.1, -0.05) is 6.04 Å². The van der Waals surface area contributed by atoms with Crippen LogP contribution in [0.15, 0.2) is 23.0 Å². The third-order valence-corrected chi connectivity index (χ3v) is 3.29. The van der Waals surface area contributed by atoms with Crippen LogP contribution in [-0.2, 0) is 9.59 Å². The van der Waals surface area contributed by atoms with Crippen LogP contribution in [0, 0.1) is 6.88 Å². The number of fused-ring (bicyclic) bond motifs is 1. The summed E-state index contributed by atoms with van der Waals surface area (Å²) >= 11 is 0. The highest BCUT2D eigenvalue weighted by Crippen LogP contribution is 2.24. The summed E-state index contributed by atoms with van der Waals surface area (Å²) in [4.78, 5) is 41.1. The van der Waals surface area contributed by atoms with Gasteiger partial charge >= 0.3 is 0 Å². The summed E-state index contributed by atoms with van der Waals surface area (Å²) in [6.45, 7) is -1.83. The zero-order valence-corrected chi connectivity index (χ0v) is 10.9. The third-order valence-electron chi connectivity index (χ3n) is 3.29. The Kier molecular flexibility index (Phi) is 1.99. The number of nitrogens with two attached hydrogens (primary N) is 1. The second-order valence-electron chi connectivity index (χ2n) is 4.71. The molecular formula is C15H15N3O3. The summed E-state index contributed by atoms with van der Waals surface area (Å²) in [7, 11) is 0. The molecule has 0 aliphatic heterocycles. The Bertz CT molecular complexity index is 1010. The highest BCUT2D eigenvalue weighted by atomic mass is 16.2. The van der Waals surface area contributed by atoms with Gasteiger partial charge in [-0.2, -0.15) is 0 Å². The van der Waals surface area contributed by atoms with Crippen molar-refractivity contribution in [2.75, 3.05) is 5.73 Å². The van der Waals surface area contributed by atoms with Crippen LogP contribution < -0.4 is 11.3 Å². The summed E-state index contributed by atoms with van der Waals surface area (Å²) in [5.41, 5.74) is 4.74. The number of rotatable bonds is 1. The number of hydrogen-bond donors (Lipinski definition) is 1. The minimum Gasteiger partial charge on any atom is -0.398 e. The van der Waals surface area contributed by atoms with Crippen molar-refractivity contribution in [3.05, 3.63) is 34.4 Å². The van der Waals surface area contributed by atoms with E-state index in [0.29, 0.717) is 4.57 Å². The van der Waals surface area contributed by atoms with E-state index in [0.717, 1.165) is 0 Å². The van der Waals surface area contributed by atoms with E-state index < -0.39 is 55.1 Å². The molecule has 6 heteroatoms. The van der Waals surface area contributed by atoms with Crippen molar-refractivity contribution in [2.24, 2.45) is 0 Å². The van der Waals surface area contributed by atoms with Crippen LogP contribution in [0.1, 0.15) is 37.9 Å². The summed E-state index contributed by atoms with van der Waals surface area (Å²) in [5.74, 6) is -1.98. The largest absolute Gasteiger partial charge is 0.398 e. The number of hydrogen-bond acceptors (Lipinski definition) is 5. The lowest BCUT2D eigenvalue weighted by Gasteiger charge is -2.24. The quantitative estimate of drug-likeness (QED) is 0.628. The maximum absolute atomic E-state index is 13.0. The fourth-order valence-electron chi connectivity index (χ4n) is 2.33. The van der Waals surface area contributed by atoms with Crippen molar-refractivity contribution < 1.29 is 16.4 Å². The van der Waals surface area contributed by atoms with Gasteiger partial charge in [0.2, 0.25) is 0 Å². The number of aromatic nitrogens is 2. The number of nitrogen functional groups attached to an aromatic ring is 1. The molecule has 1 aromatic heterocycles. The normalized spacial score (nSPS) is 29.8. The minimum absolute atomic E-state index is 0.0276. The van der Waals surface area contributed by atoms with Crippen LogP contribution >= 0.6 is 0 Å².